The van der Waals surface area contributed by atoms with Crippen molar-refractivity contribution in [2.45, 2.75) is 12.8 Å². The van der Waals surface area contributed by atoms with Crippen molar-refractivity contribution >= 4 is 11.9 Å². The van der Waals surface area contributed by atoms with Gasteiger partial charge in [0, 0.05) is 31.7 Å². The Balaban J connectivity index is 1.81. The molecule has 3 N–H and O–H groups in total. The first-order valence-electron chi connectivity index (χ1n) is 10.1. The highest BCUT2D eigenvalue weighted by atomic mass is 16.5. The lowest BCUT2D eigenvalue weighted by Crippen LogP contribution is -2.49. The van der Waals surface area contributed by atoms with Gasteiger partial charge in [-0.1, -0.05) is 36.4 Å². The molecule has 156 valence electrons. The Labute approximate surface area is 175 Å². The molecular formula is C23H25N3O4. The number of piperazine rings is 1. The predicted molar refractivity (Wildman–Crippen MR) is 113 cm³/mol. The topological polar surface area (TPSA) is 93.9 Å². The minimum atomic E-state index is -0.866. The van der Waals surface area contributed by atoms with Crippen molar-refractivity contribution in [3.05, 3.63) is 65.6 Å². The molecule has 1 unspecified atom stereocenters. The number of carbonyl (C=O) groups excluding carboxylic acids is 2. The first-order valence-corrected chi connectivity index (χ1v) is 10.1. The Bertz CT molecular complexity index is 981. The van der Waals surface area contributed by atoms with Crippen LogP contribution in [0.3, 0.4) is 0 Å². The molecule has 2 aromatic carbocycles. The van der Waals surface area contributed by atoms with Crippen molar-refractivity contribution in [1.82, 2.24) is 10.2 Å². The molecule has 30 heavy (non-hydrogen) atoms. The SMILES string of the molecule is CCOC(=O)C1=C(N)Oc2ccc(-c3ccccc3)cc2C1C(=O)N1CCNCC1. The molecule has 2 heterocycles. The molecule has 1 fully saturated rings. The van der Waals surface area contributed by atoms with Crippen LogP contribution in [-0.4, -0.2) is 49.6 Å². The van der Waals surface area contributed by atoms with Crippen LogP contribution >= 0.6 is 0 Å². The fourth-order valence-corrected chi connectivity index (χ4v) is 3.90. The Morgan fingerprint density at radius 1 is 1.13 bits per heavy atom. The molecule has 1 saturated heterocycles. The van der Waals surface area contributed by atoms with E-state index in [1.807, 2.05) is 42.5 Å². The van der Waals surface area contributed by atoms with Crippen LogP contribution in [0.5, 0.6) is 5.75 Å². The Hall–Kier alpha value is -3.32. The zero-order valence-electron chi connectivity index (χ0n) is 16.9. The molecule has 0 spiro atoms. The van der Waals surface area contributed by atoms with Crippen LogP contribution in [0.2, 0.25) is 0 Å². The number of amides is 1. The van der Waals surface area contributed by atoms with Gasteiger partial charge in [0.15, 0.2) is 0 Å². The maximum absolute atomic E-state index is 13.6. The minimum Gasteiger partial charge on any atom is -0.462 e. The van der Waals surface area contributed by atoms with Crippen LogP contribution in [0.1, 0.15) is 18.4 Å². The lowest BCUT2D eigenvalue weighted by atomic mass is 9.85. The number of nitrogens with two attached hydrogens (primary N) is 1. The maximum atomic E-state index is 13.6. The molecule has 2 aliphatic heterocycles. The second-order valence-electron chi connectivity index (χ2n) is 7.23. The van der Waals surface area contributed by atoms with Gasteiger partial charge in [-0.2, -0.15) is 0 Å². The Morgan fingerprint density at radius 2 is 1.87 bits per heavy atom. The van der Waals surface area contributed by atoms with Gasteiger partial charge in [-0.15, -0.1) is 0 Å². The highest BCUT2D eigenvalue weighted by molar-refractivity contribution is 6.02. The first kappa shape index (κ1) is 20.0. The summed E-state index contributed by atoms with van der Waals surface area (Å²) < 4.78 is 11.0. The second-order valence-corrected chi connectivity index (χ2v) is 7.23. The zero-order chi connectivity index (χ0) is 21.1. The maximum Gasteiger partial charge on any atom is 0.340 e. The molecule has 2 aliphatic rings. The summed E-state index contributed by atoms with van der Waals surface area (Å²) in [5.74, 6) is -1.26. The summed E-state index contributed by atoms with van der Waals surface area (Å²) >= 11 is 0. The number of benzene rings is 2. The molecule has 0 bridgehead atoms. The molecule has 0 aliphatic carbocycles. The molecule has 1 atom stereocenters. The summed E-state index contributed by atoms with van der Waals surface area (Å²) in [5, 5.41) is 3.24. The fraction of sp³-hybridized carbons (Fsp3) is 0.304. The van der Waals surface area contributed by atoms with Gasteiger partial charge in [0.2, 0.25) is 11.8 Å². The molecule has 0 saturated carbocycles. The average molecular weight is 407 g/mol. The lowest BCUT2D eigenvalue weighted by Gasteiger charge is -2.34. The molecule has 1 amide bonds. The monoisotopic (exact) mass is 407 g/mol. The smallest absolute Gasteiger partial charge is 0.340 e. The van der Waals surface area contributed by atoms with E-state index in [1.165, 1.54) is 0 Å². The summed E-state index contributed by atoms with van der Waals surface area (Å²) in [6.07, 6.45) is 0. The van der Waals surface area contributed by atoms with Gasteiger partial charge < -0.3 is 25.4 Å². The van der Waals surface area contributed by atoms with Crippen LogP contribution < -0.4 is 15.8 Å². The third kappa shape index (κ3) is 3.76. The van der Waals surface area contributed by atoms with E-state index in [2.05, 4.69) is 5.32 Å². The van der Waals surface area contributed by atoms with Gasteiger partial charge in [-0.25, -0.2) is 4.79 Å². The number of esters is 1. The van der Waals surface area contributed by atoms with E-state index in [9.17, 15) is 9.59 Å². The van der Waals surface area contributed by atoms with E-state index < -0.39 is 11.9 Å². The second kappa shape index (κ2) is 8.59. The summed E-state index contributed by atoms with van der Waals surface area (Å²) in [6, 6.07) is 15.5. The van der Waals surface area contributed by atoms with Crippen LogP contribution in [0.4, 0.5) is 0 Å². The van der Waals surface area contributed by atoms with Crippen molar-refractivity contribution in [2.75, 3.05) is 32.8 Å². The molecular weight excluding hydrogens is 382 g/mol. The first-order chi connectivity index (χ1) is 14.6. The van der Waals surface area contributed by atoms with Gasteiger partial charge in [-0.05, 0) is 30.2 Å². The molecule has 0 radical (unpaired) electrons. The molecule has 2 aromatic rings. The van der Waals surface area contributed by atoms with E-state index in [-0.39, 0.29) is 24.0 Å². The number of nitrogens with zero attached hydrogens (tertiary/aromatic N) is 1. The number of rotatable bonds is 4. The number of carbonyl (C=O) groups is 2. The highest BCUT2D eigenvalue weighted by Gasteiger charge is 2.41. The van der Waals surface area contributed by atoms with E-state index in [4.69, 9.17) is 15.2 Å². The lowest BCUT2D eigenvalue weighted by molar-refractivity contribution is -0.142. The van der Waals surface area contributed by atoms with Crippen molar-refractivity contribution < 1.29 is 19.1 Å². The third-order valence-electron chi connectivity index (χ3n) is 5.37. The van der Waals surface area contributed by atoms with Crippen LogP contribution in [-0.2, 0) is 14.3 Å². The van der Waals surface area contributed by atoms with Crippen molar-refractivity contribution in [3.8, 4) is 16.9 Å². The fourth-order valence-electron chi connectivity index (χ4n) is 3.90. The van der Waals surface area contributed by atoms with Crippen molar-refractivity contribution in [3.63, 3.8) is 0 Å². The van der Waals surface area contributed by atoms with Gasteiger partial charge in [-0.3, -0.25) is 4.79 Å². The van der Waals surface area contributed by atoms with Crippen LogP contribution in [0, 0.1) is 0 Å². The van der Waals surface area contributed by atoms with Crippen LogP contribution in [0.25, 0.3) is 11.1 Å². The molecule has 0 aromatic heterocycles. The summed E-state index contributed by atoms with van der Waals surface area (Å²) in [4.78, 5) is 28.1. The van der Waals surface area contributed by atoms with E-state index in [0.29, 0.717) is 37.5 Å². The molecule has 4 rings (SSSR count). The van der Waals surface area contributed by atoms with Gasteiger partial charge in [0.25, 0.3) is 0 Å². The number of hydrogen-bond acceptors (Lipinski definition) is 6. The quantitative estimate of drug-likeness (QED) is 0.753. The Morgan fingerprint density at radius 3 is 2.57 bits per heavy atom. The zero-order valence-corrected chi connectivity index (χ0v) is 16.9. The predicted octanol–water partition coefficient (Wildman–Crippen LogP) is 1.99. The van der Waals surface area contributed by atoms with Crippen LogP contribution in [0.15, 0.2) is 60.0 Å². The average Bonchev–Trinajstić information content (AvgIpc) is 2.78. The summed E-state index contributed by atoms with van der Waals surface area (Å²) in [5.41, 5.74) is 8.73. The summed E-state index contributed by atoms with van der Waals surface area (Å²) in [7, 11) is 0. The van der Waals surface area contributed by atoms with E-state index in [0.717, 1.165) is 11.1 Å². The number of hydrogen-bond donors (Lipinski definition) is 2. The third-order valence-corrected chi connectivity index (χ3v) is 5.37. The highest BCUT2D eigenvalue weighted by Crippen LogP contribution is 2.41. The Kier molecular flexibility index (Phi) is 5.72. The number of nitrogens with one attached hydrogen (secondary N) is 1. The summed E-state index contributed by atoms with van der Waals surface area (Å²) in [6.45, 7) is 4.45. The van der Waals surface area contributed by atoms with Gasteiger partial charge in [0.1, 0.15) is 17.2 Å². The van der Waals surface area contributed by atoms with Crippen molar-refractivity contribution in [2.24, 2.45) is 5.73 Å². The molecule has 7 nitrogen and oxygen atoms in total. The van der Waals surface area contributed by atoms with E-state index in [1.54, 1.807) is 17.9 Å². The number of fused-ring (bicyclic) bond motifs is 1. The standard InChI is InChI=1S/C23H25N3O4/c1-2-29-23(28)20-19(22(27)26-12-10-25-11-13-26)17-14-16(15-6-4-3-5-7-15)8-9-18(17)30-21(20)24/h3-9,14,19,25H,2,10-13,24H2,1H3. The van der Waals surface area contributed by atoms with E-state index >= 15 is 0 Å². The van der Waals surface area contributed by atoms with Crippen molar-refractivity contribution in [1.29, 1.82) is 0 Å². The minimum absolute atomic E-state index is 0.0677. The van der Waals surface area contributed by atoms with Gasteiger partial charge in [0.05, 0.1) is 6.61 Å². The van der Waals surface area contributed by atoms with Gasteiger partial charge >= 0.3 is 5.97 Å². The number of ether oxygens (including phenoxy) is 2. The largest absolute Gasteiger partial charge is 0.462 e. The molecule has 7 heteroatoms. The normalized spacial score (nSPS) is 18.4.